The van der Waals surface area contributed by atoms with Crippen LogP contribution in [0, 0.1) is 5.92 Å². The molecule has 0 bridgehead atoms. The van der Waals surface area contributed by atoms with Gasteiger partial charge in [-0.05, 0) is 18.8 Å². The number of aliphatic imine (C=N–C) groups is 1. The topological polar surface area (TPSA) is 301 Å². The van der Waals surface area contributed by atoms with E-state index in [4.69, 9.17) is 28.7 Å². The molecule has 0 aromatic carbocycles. The summed E-state index contributed by atoms with van der Waals surface area (Å²) in [5, 5.41) is 16.5. The minimum atomic E-state index is -1.51. The average molecular weight is 516 g/mol. The number of nitrogens with two attached hydrogens (primary N) is 5. The average Bonchev–Trinajstić information content (AvgIpc) is 2.76. The van der Waals surface area contributed by atoms with Gasteiger partial charge >= 0.3 is 5.97 Å². The zero-order valence-corrected chi connectivity index (χ0v) is 20.4. The molecule has 0 saturated heterocycles. The molecule has 5 amide bonds. The first-order chi connectivity index (χ1) is 16.7. The van der Waals surface area contributed by atoms with Gasteiger partial charge in [0.05, 0.1) is 18.9 Å². The lowest BCUT2D eigenvalue weighted by atomic mass is 9.97. The molecular formula is C20H37N9O7. The lowest BCUT2D eigenvalue weighted by Gasteiger charge is -2.27. The van der Waals surface area contributed by atoms with Gasteiger partial charge in [-0.1, -0.05) is 20.3 Å². The van der Waals surface area contributed by atoms with Crippen molar-refractivity contribution in [1.29, 1.82) is 0 Å². The Balaban J connectivity index is 5.54. The first kappa shape index (κ1) is 32.0. The van der Waals surface area contributed by atoms with Gasteiger partial charge < -0.3 is 49.7 Å². The fourth-order valence-corrected chi connectivity index (χ4v) is 2.98. The number of guanidine groups is 1. The number of carbonyl (C=O) groups is 6. The maximum absolute atomic E-state index is 12.9. The van der Waals surface area contributed by atoms with Crippen molar-refractivity contribution in [2.45, 2.75) is 70.1 Å². The molecular weight excluding hydrogens is 478 g/mol. The van der Waals surface area contributed by atoms with Gasteiger partial charge in [-0.25, -0.2) is 4.79 Å². The molecule has 0 aromatic rings. The smallest absolute Gasteiger partial charge is 0.326 e. The van der Waals surface area contributed by atoms with Crippen LogP contribution in [-0.2, 0) is 28.8 Å². The lowest BCUT2D eigenvalue weighted by Crippen LogP contribution is -2.59. The highest BCUT2D eigenvalue weighted by Crippen LogP contribution is 2.10. The fourth-order valence-electron chi connectivity index (χ4n) is 2.98. The molecule has 0 aromatic heterocycles. The molecule has 36 heavy (non-hydrogen) atoms. The Kier molecular flexibility index (Phi) is 14.1. The van der Waals surface area contributed by atoms with Crippen molar-refractivity contribution >= 4 is 41.5 Å². The Labute approximate surface area is 208 Å². The minimum absolute atomic E-state index is 0.0110. The molecule has 0 fully saturated rings. The van der Waals surface area contributed by atoms with Crippen LogP contribution in [0.2, 0.25) is 0 Å². The van der Waals surface area contributed by atoms with Gasteiger partial charge in [-0.2, -0.15) is 0 Å². The predicted octanol–water partition coefficient (Wildman–Crippen LogP) is -4.30. The van der Waals surface area contributed by atoms with E-state index in [1.54, 1.807) is 13.8 Å². The van der Waals surface area contributed by atoms with Crippen LogP contribution in [0.1, 0.15) is 46.0 Å². The van der Waals surface area contributed by atoms with Crippen molar-refractivity contribution in [2.24, 2.45) is 39.6 Å². The third kappa shape index (κ3) is 12.5. The van der Waals surface area contributed by atoms with E-state index >= 15 is 0 Å². The van der Waals surface area contributed by atoms with E-state index in [9.17, 15) is 33.9 Å². The highest BCUT2D eigenvalue weighted by molar-refractivity contribution is 5.97. The zero-order chi connectivity index (χ0) is 28.0. The summed E-state index contributed by atoms with van der Waals surface area (Å²) < 4.78 is 0. The van der Waals surface area contributed by atoms with Crippen molar-refractivity contribution < 1.29 is 33.9 Å². The molecule has 0 radical (unpaired) electrons. The number of carbonyl (C=O) groups excluding carboxylic acids is 5. The van der Waals surface area contributed by atoms with Crippen molar-refractivity contribution in [3.05, 3.63) is 0 Å². The van der Waals surface area contributed by atoms with Gasteiger partial charge in [-0.3, -0.25) is 29.0 Å². The minimum Gasteiger partial charge on any atom is -0.480 e. The van der Waals surface area contributed by atoms with Gasteiger partial charge in [0.25, 0.3) is 0 Å². The van der Waals surface area contributed by atoms with Crippen LogP contribution in [0.5, 0.6) is 0 Å². The second-order valence-electron chi connectivity index (χ2n) is 8.23. The van der Waals surface area contributed by atoms with Crippen LogP contribution in [0.15, 0.2) is 4.99 Å². The molecule has 16 nitrogen and oxygen atoms in total. The normalized spacial score (nSPS) is 14.8. The summed E-state index contributed by atoms with van der Waals surface area (Å²) in [5.74, 6) is -6.37. The van der Waals surface area contributed by atoms with E-state index in [-0.39, 0.29) is 25.3 Å². The summed E-state index contributed by atoms with van der Waals surface area (Å²) in [6, 6.07) is -5.39. The third-order valence-electron chi connectivity index (χ3n) is 5.15. The van der Waals surface area contributed by atoms with E-state index in [2.05, 4.69) is 20.9 Å². The number of amides is 5. The number of nitrogens with zero attached hydrogens (tertiary/aromatic N) is 1. The molecule has 0 aliphatic heterocycles. The summed E-state index contributed by atoms with van der Waals surface area (Å²) >= 11 is 0. The van der Waals surface area contributed by atoms with E-state index in [0.29, 0.717) is 6.42 Å². The van der Waals surface area contributed by atoms with Crippen LogP contribution < -0.4 is 44.6 Å². The van der Waals surface area contributed by atoms with Gasteiger partial charge in [0.1, 0.15) is 18.1 Å². The van der Waals surface area contributed by atoms with Gasteiger partial charge in [0, 0.05) is 6.54 Å². The Hall–Kier alpha value is -3.95. The van der Waals surface area contributed by atoms with E-state index < -0.39 is 78.4 Å². The maximum Gasteiger partial charge on any atom is 0.326 e. The molecule has 0 saturated carbocycles. The summed E-state index contributed by atoms with van der Waals surface area (Å²) in [6.07, 6.45) is -0.450. The summed E-state index contributed by atoms with van der Waals surface area (Å²) in [6.45, 7) is 3.54. The van der Waals surface area contributed by atoms with Crippen LogP contribution >= 0.6 is 0 Å². The summed E-state index contributed by atoms with van der Waals surface area (Å²) in [7, 11) is 0. The molecule has 16 heteroatoms. The molecule has 0 rings (SSSR count). The highest BCUT2D eigenvalue weighted by Gasteiger charge is 2.33. The number of hydrogen-bond acceptors (Lipinski definition) is 8. The van der Waals surface area contributed by atoms with Crippen molar-refractivity contribution in [1.82, 2.24) is 16.0 Å². The van der Waals surface area contributed by atoms with Gasteiger partial charge in [0.15, 0.2) is 5.96 Å². The van der Waals surface area contributed by atoms with Crippen LogP contribution in [0.3, 0.4) is 0 Å². The summed E-state index contributed by atoms with van der Waals surface area (Å²) in [4.78, 5) is 75.8. The lowest BCUT2D eigenvalue weighted by molar-refractivity contribution is -0.143. The second kappa shape index (κ2) is 15.9. The Bertz CT molecular complexity index is 845. The second-order valence-corrected chi connectivity index (χ2v) is 8.23. The first-order valence-corrected chi connectivity index (χ1v) is 11.2. The Morgan fingerprint density at radius 1 is 0.833 bits per heavy atom. The van der Waals surface area contributed by atoms with E-state index in [1.165, 1.54) is 0 Å². The van der Waals surface area contributed by atoms with Crippen molar-refractivity contribution in [2.75, 3.05) is 6.54 Å². The van der Waals surface area contributed by atoms with Crippen molar-refractivity contribution in [3.8, 4) is 0 Å². The number of hydrogen-bond donors (Lipinski definition) is 9. The summed E-state index contributed by atoms with van der Waals surface area (Å²) in [5.41, 5.74) is 26.2. The fraction of sp³-hybridized carbons (Fsp3) is 0.650. The number of carboxylic acids is 1. The standard InChI is InChI=1S/C20H37N9O7/c1-3-9(2)15(18(34)27-11(19(35)36)5-4-6-26-20(24)25)29-17(33)12(8-14(23)31)28-16(32)10(21)7-13(22)30/h9-12,15H,3-8,21H2,1-2H3,(H2,22,30)(H2,23,31)(H,27,34)(H,28,32)(H,29,33)(H,35,36)(H4,24,25,26). The monoisotopic (exact) mass is 515 g/mol. The van der Waals surface area contributed by atoms with E-state index in [1.807, 2.05) is 0 Å². The third-order valence-corrected chi connectivity index (χ3v) is 5.15. The maximum atomic E-state index is 12.9. The highest BCUT2D eigenvalue weighted by atomic mass is 16.4. The van der Waals surface area contributed by atoms with Crippen LogP contribution in [0.4, 0.5) is 0 Å². The van der Waals surface area contributed by atoms with Gasteiger partial charge in [-0.15, -0.1) is 0 Å². The van der Waals surface area contributed by atoms with Gasteiger partial charge in [0.2, 0.25) is 29.5 Å². The largest absolute Gasteiger partial charge is 0.480 e. The molecule has 5 atom stereocenters. The Morgan fingerprint density at radius 2 is 1.39 bits per heavy atom. The van der Waals surface area contributed by atoms with Crippen molar-refractivity contribution in [3.63, 3.8) is 0 Å². The van der Waals surface area contributed by atoms with Crippen LogP contribution in [0.25, 0.3) is 0 Å². The SMILES string of the molecule is CCC(C)C(NC(=O)C(CC(N)=O)NC(=O)C(N)CC(N)=O)C(=O)NC(CCCN=C(N)N)C(=O)O. The number of carboxylic acid groups (broad SMARTS) is 1. The quantitative estimate of drug-likeness (QED) is 0.0509. The molecule has 0 heterocycles. The molecule has 5 unspecified atom stereocenters. The number of nitrogens with one attached hydrogen (secondary N) is 3. The number of rotatable bonds is 17. The number of primary amides is 2. The molecule has 14 N–H and O–H groups in total. The molecule has 0 spiro atoms. The number of aliphatic carboxylic acids is 1. The predicted molar refractivity (Wildman–Crippen MR) is 128 cm³/mol. The first-order valence-electron chi connectivity index (χ1n) is 11.2. The molecule has 0 aliphatic rings. The zero-order valence-electron chi connectivity index (χ0n) is 20.4. The molecule has 0 aliphatic carbocycles. The molecule has 204 valence electrons. The van der Waals surface area contributed by atoms with E-state index in [0.717, 1.165) is 0 Å². The van der Waals surface area contributed by atoms with Crippen LogP contribution in [-0.4, -0.2) is 77.3 Å². The Morgan fingerprint density at radius 3 is 1.86 bits per heavy atom.